The van der Waals surface area contributed by atoms with Crippen LogP contribution >= 0.6 is 0 Å². The fraction of sp³-hybridized carbons (Fsp3) is 0.222. The van der Waals surface area contributed by atoms with Gasteiger partial charge < -0.3 is 18.9 Å². The number of para-hydroxylation sites is 2. The van der Waals surface area contributed by atoms with Gasteiger partial charge in [-0.2, -0.15) is 0 Å². The highest BCUT2D eigenvalue weighted by atomic mass is 16.6. The van der Waals surface area contributed by atoms with E-state index in [4.69, 9.17) is 18.9 Å². The lowest BCUT2D eigenvalue weighted by atomic mass is 10.2. The number of nitro benzene ring substituents is 1. The monoisotopic (exact) mass is 388 g/mol. The van der Waals surface area contributed by atoms with E-state index in [9.17, 15) is 19.7 Å². The van der Waals surface area contributed by atoms with Crippen LogP contribution in [-0.2, 0) is 9.59 Å². The minimum absolute atomic E-state index is 0.0546. The van der Waals surface area contributed by atoms with Gasteiger partial charge in [0.05, 0.1) is 18.1 Å². The average Bonchev–Trinajstić information content (AvgIpc) is 2.71. The largest absolute Gasteiger partial charge is 0.496 e. The molecule has 28 heavy (non-hydrogen) atoms. The molecule has 0 saturated carbocycles. The van der Waals surface area contributed by atoms with Crippen molar-refractivity contribution in [2.24, 2.45) is 0 Å². The Morgan fingerprint density at radius 2 is 2.00 bits per heavy atom. The molecule has 0 radical (unpaired) electrons. The Morgan fingerprint density at radius 1 is 1.25 bits per heavy atom. The highest BCUT2D eigenvalue weighted by molar-refractivity contribution is 5.98. The summed E-state index contributed by atoms with van der Waals surface area (Å²) in [6.45, 7) is -0.649. The first kappa shape index (κ1) is 19.0. The van der Waals surface area contributed by atoms with E-state index in [1.54, 1.807) is 24.3 Å². The SMILES string of the molecule is COc1ccc(OCC(=O)NC(=O)[C@H]2COc3ccccc3O2)c([N+](=O)[O-])c1. The van der Waals surface area contributed by atoms with E-state index in [1.165, 1.54) is 25.3 Å². The molecular formula is C18H16N2O8. The van der Waals surface area contributed by atoms with E-state index in [1.807, 2.05) is 0 Å². The Morgan fingerprint density at radius 3 is 2.71 bits per heavy atom. The number of nitrogens with one attached hydrogen (secondary N) is 1. The van der Waals surface area contributed by atoms with Crippen molar-refractivity contribution in [1.29, 1.82) is 0 Å². The Hall–Kier alpha value is -3.82. The van der Waals surface area contributed by atoms with Gasteiger partial charge in [0.25, 0.3) is 11.8 Å². The highest BCUT2D eigenvalue weighted by Crippen LogP contribution is 2.31. The van der Waals surface area contributed by atoms with Crippen LogP contribution in [0.4, 0.5) is 5.69 Å². The molecule has 1 N–H and O–H groups in total. The maximum Gasteiger partial charge on any atom is 0.314 e. The van der Waals surface area contributed by atoms with Crippen LogP contribution in [0, 0.1) is 10.1 Å². The summed E-state index contributed by atoms with van der Waals surface area (Å²) < 4.78 is 21.0. The van der Waals surface area contributed by atoms with Gasteiger partial charge in [-0.05, 0) is 24.3 Å². The smallest absolute Gasteiger partial charge is 0.314 e. The van der Waals surface area contributed by atoms with Gasteiger partial charge in [-0.15, -0.1) is 0 Å². The number of ether oxygens (including phenoxy) is 4. The van der Waals surface area contributed by atoms with Crippen LogP contribution in [0.15, 0.2) is 42.5 Å². The summed E-state index contributed by atoms with van der Waals surface area (Å²) in [4.78, 5) is 34.6. The number of nitro groups is 1. The number of rotatable bonds is 6. The van der Waals surface area contributed by atoms with Gasteiger partial charge in [-0.1, -0.05) is 12.1 Å². The summed E-state index contributed by atoms with van der Waals surface area (Å²) in [6, 6.07) is 10.8. The minimum atomic E-state index is -1.01. The van der Waals surface area contributed by atoms with Gasteiger partial charge >= 0.3 is 5.69 Å². The second-order valence-electron chi connectivity index (χ2n) is 5.66. The fourth-order valence-electron chi connectivity index (χ4n) is 2.43. The molecule has 146 valence electrons. The van der Waals surface area contributed by atoms with Gasteiger partial charge in [0.2, 0.25) is 6.10 Å². The summed E-state index contributed by atoms with van der Waals surface area (Å²) in [5.74, 6) is -0.433. The number of imide groups is 1. The average molecular weight is 388 g/mol. The molecule has 0 aromatic heterocycles. The molecule has 3 rings (SSSR count). The zero-order valence-electron chi connectivity index (χ0n) is 14.7. The van der Waals surface area contributed by atoms with E-state index >= 15 is 0 Å². The topological polar surface area (TPSA) is 126 Å². The Balaban J connectivity index is 1.56. The van der Waals surface area contributed by atoms with E-state index in [-0.39, 0.29) is 23.8 Å². The fourth-order valence-corrected chi connectivity index (χ4v) is 2.43. The van der Waals surface area contributed by atoms with Crippen LogP contribution in [0.25, 0.3) is 0 Å². The third kappa shape index (κ3) is 4.29. The quantitative estimate of drug-likeness (QED) is 0.582. The number of amides is 2. The first-order valence-electron chi connectivity index (χ1n) is 8.15. The summed E-state index contributed by atoms with van der Waals surface area (Å²) in [5, 5.41) is 13.2. The first-order valence-corrected chi connectivity index (χ1v) is 8.15. The lowest BCUT2D eigenvalue weighted by Crippen LogP contribution is -2.47. The Kier molecular flexibility index (Phi) is 5.58. The second-order valence-corrected chi connectivity index (χ2v) is 5.66. The molecule has 2 amide bonds. The van der Waals surface area contributed by atoms with Crippen LogP contribution in [0.5, 0.6) is 23.0 Å². The molecule has 0 spiro atoms. The Bertz CT molecular complexity index is 914. The molecule has 0 fully saturated rings. The normalized spacial score (nSPS) is 14.7. The van der Waals surface area contributed by atoms with Crippen molar-refractivity contribution in [2.75, 3.05) is 20.3 Å². The predicted molar refractivity (Wildman–Crippen MR) is 94.6 cm³/mol. The number of methoxy groups -OCH3 is 1. The maximum absolute atomic E-state index is 12.2. The zero-order chi connectivity index (χ0) is 20.1. The second kappa shape index (κ2) is 8.25. The molecule has 1 atom stereocenters. The molecule has 1 heterocycles. The number of hydrogen-bond donors (Lipinski definition) is 1. The van der Waals surface area contributed by atoms with Gasteiger partial charge in [-0.3, -0.25) is 25.0 Å². The van der Waals surface area contributed by atoms with Crippen LogP contribution in [0.2, 0.25) is 0 Å². The Labute approximate surface area is 159 Å². The lowest BCUT2D eigenvalue weighted by Gasteiger charge is -2.25. The molecular weight excluding hydrogens is 372 g/mol. The van der Waals surface area contributed by atoms with E-state index in [0.717, 1.165) is 0 Å². The predicted octanol–water partition coefficient (Wildman–Crippen LogP) is 1.46. The summed E-state index contributed by atoms with van der Waals surface area (Å²) in [5.41, 5.74) is -0.362. The van der Waals surface area contributed by atoms with Gasteiger partial charge in [0.1, 0.15) is 12.4 Å². The number of carbonyl (C=O) groups is 2. The molecule has 2 aromatic carbocycles. The van der Waals surface area contributed by atoms with Crippen molar-refractivity contribution < 1.29 is 33.5 Å². The number of hydrogen-bond acceptors (Lipinski definition) is 8. The van der Waals surface area contributed by atoms with Crippen molar-refractivity contribution >= 4 is 17.5 Å². The molecule has 10 nitrogen and oxygen atoms in total. The first-order chi connectivity index (χ1) is 13.5. The van der Waals surface area contributed by atoms with Crippen molar-refractivity contribution in [2.45, 2.75) is 6.10 Å². The number of fused-ring (bicyclic) bond motifs is 1. The minimum Gasteiger partial charge on any atom is -0.496 e. The molecule has 0 aliphatic carbocycles. The number of benzene rings is 2. The summed E-state index contributed by atoms with van der Waals surface area (Å²) >= 11 is 0. The van der Waals surface area contributed by atoms with Crippen molar-refractivity contribution in [3.63, 3.8) is 0 Å². The van der Waals surface area contributed by atoms with Crippen LogP contribution in [0.3, 0.4) is 0 Å². The molecule has 1 aliphatic rings. The van der Waals surface area contributed by atoms with E-state index < -0.39 is 29.4 Å². The van der Waals surface area contributed by atoms with Gasteiger partial charge in [-0.25, -0.2) is 0 Å². The lowest BCUT2D eigenvalue weighted by molar-refractivity contribution is -0.385. The van der Waals surface area contributed by atoms with Crippen molar-refractivity contribution in [3.05, 3.63) is 52.6 Å². The van der Waals surface area contributed by atoms with Gasteiger partial charge in [0, 0.05) is 0 Å². The van der Waals surface area contributed by atoms with Crippen LogP contribution in [0.1, 0.15) is 0 Å². The molecule has 0 saturated heterocycles. The third-order valence-corrected chi connectivity index (χ3v) is 3.79. The maximum atomic E-state index is 12.2. The van der Waals surface area contributed by atoms with Crippen LogP contribution < -0.4 is 24.3 Å². The number of carbonyl (C=O) groups excluding carboxylic acids is 2. The van der Waals surface area contributed by atoms with Crippen LogP contribution in [-0.4, -0.2) is 43.2 Å². The molecule has 10 heteroatoms. The third-order valence-electron chi connectivity index (χ3n) is 3.79. The number of nitrogens with zero attached hydrogens (tertiary/aromatic N) is 1. The van der Waals surface area contributed by atoms with Crippen molar-refractivity contribution in [3.8, 4) is 23.0 Å². The van der Waals surface area contributed by atoms with E-state index in [2.05, 4.69) is 5.32 Å². The van der Waals surface area contributed by atoms with Gasteiger partial charge in [0.15, 0.2) is 23.9 Å². The standard InChI is InChI=1S/C18H16N2O8/c1-25-11-6-7-13(12(8-11)20(23)24)27-10-17(21)19-18(22)16-9-26-14-4-2-3-5-15(14)28-16/h2-8,16H,9-10H2,1H3,(H,19,21,22)/t16-/m1/s1. The molecule has 0 unspecified atom stereocenters. The van der Waals surface area contributed by atoms with Crippen molar-refractivity contribution in [1.82, 2.24) is 5.32 Å². The van der Waals surface area contributed by atoms with E-state index in [0.29, 0.717) is 11.5 Å². The summed E-state index contributed by atoms with van der Waals surface area (Å²) in [7, 11) is 1.37. The molecule has 1 aliphatic heterocycles. The summed E-state index contributed by atoms with van der Waals surface area (Å²) in [6.07, 6.45) is -1.01. The highest BCUT2D eigenvalue weighted by Gasteiger charge is 2.28. The molecule has 2 aromatic rings. The zero-order valence-corrected chi connectivity index (χ0v) is 14.7. The molecule has 0 bridgehead atoms.